The fourth-order valence-corrected chi connectivity index (χ4v) is 4.53. The van der Waals surface area contributed by atoms with Gasteiger partial charge in [-0.2, -0.15) is 5.10 Å². The monoisotopic (exact) mass is 588 g/mol. The summed E-state index contributed by atoms with van der Waals surface area (Å²) in [4.78, 5) is 25.6. The van der Waals surface area contributed by atoms with Gasteiger partial charge in [-0.15, -0.1) is 10.2 Å². The number of hydrogen-bond donors (Lipinski definition) is 1. The standard InChI is InChI=1S/C26H30Cl2N8O4/c1-26(2,3)38-10-9-22(25(37)29-19-6-7-20-17(11-19)13-33(4)31-20)35-15-40-36(16-39-35)23-12-18(27)5-8-21(23)34-14-24(28)30-32-34/h5-8,11-14,22H,9-10,15-16H2,1-4H3,(H,29,37). The van der Waals surface area contributed by atoms with Gasteiger partial charge in [0, 0.05) is 35.9 Å². The number of halogens is 2. The Bertz CT molecular complexity index is 1490. The topological polar surface area (TPSA) is 112 Å². The number of aryl methyl sites for hydroxylation is 1. The highest BCUT2D eigenvalue weighted by Gasteiger charge is 2.33. The van der Waals surface area contributed by atoms with Crippen molar-refractivity contribution in [2.75, 3.05) is 30.4 Å². The van der Waals surface area contributed by atoms with Crippen LogP contribution in [0.4, 0.5) is 11.4 Å². The second-order valence-electron chi connectivity index (χ2n) is 10.3. The van der Waals surface area contributed by atoms with Gasteiger partial charge in [-0.1, -0.05) is 28.4 Å². The molecule has 212 valence electrons. The first-order valence-corrected chi connectivity index (χ1v) is 13.4. The predicted octanol–water partition coefficient (Wildman–Crippen LogP) is 4.57. The number of benzene rings is 2. The third kappa shape index (κ3) is 6.72. The number of hydroxylamine groups is 3. The molecule has 1 aliphatic heterocycles. The first-order chi connectivity index (χ1) is 19.1. The van der Waals surface area contributed by atoms with Crippen LogP contribution in [0.5, 0.6) is 0 Å². The quantitative estimate of drug-likeness (QED) is 0.316. The lowest BCUT2D eigenvalue weighted by atomic mass is 10.1. The van der Waals surface area contributed by atoms with Crippen molar-refractivity contribution in [3.05, 3.63) is 59.0 Å². The number of hydrogen-bond acceptors (Lipinski definition) is 9. The summed E-state index contributed by atoms with van der Waals surface area (Å²) < 4.78 is 9.17. The molecule has 1 saturated heterocycles. The van der Waals surface area contributed by atoms with E-state index in [1.54, 1.807) is 29.1 Å². The van der Waals surface area contributed by atoms with Gasteiger partial charge in [-0.05, 0) is 63.6 Å². The molecule has 2 aromatic carbocycles. The van der Waals surface area contributed by atoms with E-state index in [1.165, 1.54) is 14.8 Å². The van der Waals surface area contributed by atoms with Crippen LogP contribution in [0.3, 0.4) is 0 Å². The van der Waals surface area contributed by atoms with E-state index in [9.17, 15) is 4.79 Å². The minimum absolute atomic E-state index is 0.0126. The summed E-state index contributed by atoms with van der Waals surface area (Å²) in [5.74, 6) is -0.251. The number of carbonyl (C=O) groups excluding carboxylic acids is 1. The molecule has 3 heterocycles. The highest BCUT2D eigenvalue weighted by Crippen LogP contribution is 2.30. The number of ether oxygens (including phenoxy) is 1. The Labute approximate surface area is 241 Å². The molecule has 5 rings (SSSR count). The van der Waals surface area contributed by atoms with Gasteiger partial charge in [-0.25, -0.2) is 9.75 Å². The Balaban J connectivity index is 1.31. The SMILES string of the molecule is Cn1cc2cc(NC(=O)C(CCOC(C)(C)C)N3CON(c4cc(Cl)ccc4-n4cc(Cl)nn4)CO3)ccc2n1. The van der Waals surface area contributed by atoms with Crippen LogP contribution in [0.15, 0.2) is 48.8 Å². The molecule has 1 atom stereocenters. The van der Waals surface area contributed by atoms with Gasteiger partial charge in [0.05, 0.1) is 28.7 Å². The summed E-state index contributed by atoms with van der Waals surface area (Å²) in [5.41, 5.74) is 2.38. The number of nitrogens with zero attached hydrogens (tertiary/aromatic N) is 7. The lowest BCUT2D eigenvalue weighted by Crippen LogP contribution is -2.52. The minimum atomic E-state index is -0.693. The summed E-state index contributed by atoms with van der Waals surface area (Å²) in [6.07, 6.45) is 3.85. The fraction of sp³-hybridized carbons (Fsp3) is 0.385. The number of anilines is 2. The van der Waals surface area contributed by atoms with Crippen LogP contribution in [0.25, 0.3) is 16.6 Å². The Morgan fingerprint density at radius 2 is 1.93 bits per heavy atom. The molecule has 40 heavy (non-hydrogen) atoms. The van der Waals surface area contributed by atoms with Crippen molar-refractivity contribution < 1.29 is 19.2 Å². The number of fused-ring (bicyclic) bond motifs is 1. The van der Waals surface area contributed by atoms with E-state index in [2.05, 4.69) is 20.7 Å². The molecular weight excluding hydrogens is 559 g/mol. The van der Waals surface area contributed by atoms with Crippen molar-refractivity contribution in [3.8, 4) is 5.69 Å². The van der Waals surface area contributed by atoms with Crippen molar-refractivity contribution >= 4 is 51.4 Å². The van der Waals surface area contributed by atoms with Gasteiger partial charge >= 0.3 is 0 Å². The van der Waals surface area contributed by atoms with Crippen LogP contribution in [0.2, 0.25) is 10.2 Å². The molecule has 0 saturated carbocycles. The highest BCUT2D eigenvalue weighted by atomic mass is 35.5. The molecule has 0 bridgehead atoms. The van der Waals surface area contributed by atoms with Gasteiger partial charge in [0.1, 0.15) is 6.04 Å². The average molecular weight is 589 g/mol. The summed E-state index contributed by atoms with van der Waals surface area (Å²) in [6.45, 7) is 6.20. The van der Waals surface area contributed by atoms with Gasteiger partial charge in [0.15, 0.2) is 18.6 Å². The predicted molar refractivity (Wildman–Crippen MR) is 151 cm³/mol. The van der Waals surface area contributed by atoms with E-state index in [4.69, 9.17) is 37.6 Å². The molecule has 14 heteroatoms. The maximum absolute atomic E-state index is 13.5. The number of aromatic nitrogens is 5. The third-order valence-electron chi connectivity index (χ3n) is 6.06. The van der Waals surface area contributed by atoms with Crippen LogP contribution < -0.4 is 10.4 Å². The first kappa shape index (κ1) is 28.3. The smallest absolute Gasteiger partial charge is 0.244 e. The van der Waals surface area contributed by atoms with Crippen LogP contribution in [-0.4, -0.2) is 67.5 Å². The van der Waals surface area contributed by atoms with E-state index in [-0.39, 0.29) is 30.1 Å². The molecule has 1 amide bonds. The molecule has 0 aliphatic carbocycles. The lowest BCUT2D eigenvalue weighted by Gasteiger charge is -2.38. The summed E-state index contributed by atoms with van der Waals surface area (Å²) >= 11 is 12.3. The van der Waals surface area contributed by atoms with E-state index >= 15 is 0 Å². The normalized spacial score (nSPS) is 15.5. The second kappa shape index (κ2) is 11.7. The van der Waals surface area contributed by atoms with Crippen molar-refractivity contribution in [2.24, 2.45) is 7.05 Å². The molecule has 1 N–H and O–H groups in total. The number of carbonyl (C=O) groups is 1. The molecule has 1 unspecified atom stereocenters. The highest BCUT2D eigenvalue weighted by molar-refractivity contribution is 6.31. The van der Waals surface area contributed by atoms with Gasteiger partial charge in [0.25, 0.3) is 0 Å². The number of rotatable bonds is 8. The molecule has 4 aromatic rings. The van der Waals surface area contributed by atoms with Crippen molar-refractivity contribution in [2.45, 2.75) is 38.8 Å². The van der Waals surface area contributed by atoms with Crippen LogP contribution in [0.1, 0.15) is 27.2 Å². The Kier molecular flexibility index (Phi) is 8.26. The van der Waals surface area contributed by atoms with Crippen LogP contribution in [0, 0.1) is 0 Å². The Morgan fingerprint density at radius 3 is 2.62 bits per heavy atom. The average Bonchev–Trinajstić information content (AvgIpc) is 3.50. The van der Waals surface area contributed by atoms with Gasteiger partial charge in [-0.3, -0.25) is 19.2 Å². The molecule has 0 spiro atoms. The Morgan fingerprint density at radius 1 is 1.10 bits per heavy atom. The molecule has 1 aliphatic rings. The Hall–Kier alpha value is -3.26. The van der Waals surface area contributed by atoms with Gasteiger partial charge in [0.2, 0.25) is 5.91 Å². The minimum Gasteiger partial charge on any atom is -0.376 e. The third-order valence-corrected chi connectivity index (χ3v) is 6.47. The number of nitrogens with one attached hydrogen (secondary N) is 1. The zero-order chi connectivity index (χ0) is 28.4. The van der Waals surface area contributed by atoms with Gasteiger partial charge < -0.3 is 10.1 Å². The largest absolute Gasteiger partial charge is 0.376 e. The summed E-state index contributed by atoms with van der Waals surface area (Å²) in [5, 5.41) is 20.0. The second-order valence-corrected chi connectivity index (χ2v) is 11.1. The summed E-state index contributed by atoms with van der Waals surface area (Å²) in [6, 6.07) is 10.1. The van der Waals surface area contributed by atoms with Crippen LogP contribution in [-0.2, 0) is 26.3 Å². The maximum Gasteiger partial charge on any atom is 0.244 e. The number of amides is 1. The summed E-state index contributed by atoms with van der Waals surface area (Å²) in [7, 11) is 1.86. The molecular formula is C26H30Cl2N8O4. The molecule has 1 fully saturated rings. The van der Waals surface area contributed by atoms with Crippen molar-refractivity contribution in [3.63, 3.8) is 0 Å². The molecule has 0 radical (unpaired) electrons. The van der Waals surface area contributed by atoms with Crippen LogP contribution >= 0.6 is 23.2 Å². The van der Waals surface area contributed by atoms with E-state index < -0.39 is 6.04 Å². The van der Waals surface area contributed by atoms with E-state index in [1.807, 2.05) is 52.2 Å². The maximum atomic E-state index is 13.5. The van der Waals surface area contributed by atoms with E-state index in [0.29, 0.717) is 35.1 Å². The lowest BCUT2D eigenvalue weighted by molar-refractivity contribution is -0.281. The zero-order valence-electron chi connectivity index (χ0n) is 22.5. The molecule has 12 nitrogen and oxygen atoms in total. The van der Waals surface area contributed by atoms with E-state index in [0.717, 1.165) is 10.9 Å². The van der Waals surface area contributed by atoms with Crippen molar-refractivity contribution in [1.82, 2.24) is 29.8 Å². The fourth-order valence-electron chi connectivity index (χ4n) is 4.23. The first-order valence-electron chi connectivity index (χ1n) is 12.6. The zero-order valence-corrected chi connectivity index (χ0v) is 24.1. The van der Waals surface area contributed by atoms with Crippen molar-refractivity contribution in [1.29, 1.82) is 0 Å². The molecule has 2 aromatic heterocycles.